The molecule has 0 N–H and O–H groups in total. The Balaban J connectivity index is 1.48. The standard InChI is InChI=1S/C31H32ClN3O3/c1-4-36-25-10-7-9-23(16-25)18-35(19-24-12-13-28-29(17-24)38-15-14-37-28)20-27-22(3)30(33-34-31(27)32)26-11-6-5-8-21(26)2/h5-13,16-17H,4,14-15,18-20H2,1-3H3. The number of halogens is 1. The van der Waals surface area contributed by atoms with Crippen molar-refractivity contribution in [1.82, 2.24) is 15.1 Å². The van der Waals surface area contributed by atoms with Crippen LogP contribution in [-0.4, -0.2) is 34.9 Å². The minimum atomic E-state index is 0.426. The number of hydrogen-bond donors (Lipinski definition) is 0. The maximum atomic E-state index is 6.68. The van der Waals surface area contributed by atoms with E-state index in [-0.39, 0.29) is 0 Å². The minimum Gasteiger partial charge on any atom is -0.494 e. The van der Waals surface area contributed by atoms with Crippen LogP contribution < -0.4 is 14.2 Å². The molecule has 0 spiro atoms. The molecular formula is C31H32ClN3O3. The normalized spacial score (nSPS) is 12.6. The van der Waals surface area contributed by atoms with E-state index in [1.807, 2.05) is 37.3 Å². The first-order valence-electron chi connectivity index (χ1n) is 12.9. The summed E-state index contributed by atoms with van der Waals surface area (Å²) in [7, 11) is 0. The Labute approximate surface area is 229 Å². The Morgan fingerprint density at radius 2 is 1.61 bits per heavy atom. The van der Waals surface area contributed by atoms with Gasteiger partial charge in [-0.15, -0.1) is 10.2 Å². The molecule has 0 bridgehead atoms. The minimum absolute atomic E-state index is 0.426. The van der Waals surface area contributed by atoms with Crippen LogP contribution in [0.4, 0.5) is 0 Å². The highest BCUT2D eigenvalue weighted by Gasteiger charge is 2.19. The maximum absolute atomic E-state index is 6.68. The zero-order valence-corrected chi connectivity index (χ0v) is 22.8. The second-order valence-corrected chi connectivity index (χ2v) is 9.82. The van der Waals surface area contributed by atoms with Crippen molar-refractivity contribution < 1.29 is 14.2 Å². The van der Waals surface area contributed by atoms with Crippen LogP contribution in [0.25, 0.3) is 11.3 Å². The average Bonchev–Trinajstić information content (AvgIpc) is 2.92. The lowest BCUT2D eigenvalue weighted by Gasteiger charge is -2.26. The fourth-order valence-corrected chi connectivity index (χ4v) is 5.04. The van der Waals surface area contributed by atoms with E-state index in [0.717, 1.165) is 56.3 Å². The summed E-state index contributed by atoms with van der Waals surface area (Å²) in [5.41, 5.74) is 7.37. The molecule has 0 radical (unpaired) electrons. The molecular weight excluding hydrogens is 498 g/mol. The molecule has 3 aromatic carbocycles. The van der Waals surface area contributed by atoms with Crippen LogP contribution in [0.2, 0.25) is 5.15 Å². The third-order valence-corrected chi connectivity index (χ3v) is 7.01. The van der Waals surface area contributed by atoms with Crippen molar-refractivity contribution in [2.75, 3.05) is 19.8 Å². The number of ether oxygens (including phenoxy) is 3. The highest BCUT2D eigenvalue weighted by Crippen LogP contribution is 2.33. The number of benzene rings is 3. The zero-order chi connectivity index (χ0) is 26.5. The number of hydrogen-bond acceptors (Lipinski definition) is 6. The Kier molecular flexibility index (Phi) is 8.11. The molecule has 7 heteroatoms. The molecule has 0 fully saturated rings. The van der Waals surface area contributed by atoms with Gasteiger partial charge in [-0.05, 0) is 67.3 Å². The summed E-state index contributed by atoms with van der Waals surface area (Å²) in [5, 5.41) is 9.26. The Hall–Kier alpha value is -3.61. The second-order valence-electron chi connectivity index (χ2n) is 9.46. The van der Waals surface area contributed by atoms with Gasteiger partial charge in [0.1, 0.15) is 19.0 Å². The van der Waals surface area contributed by atoms with Crippen molar-refractivity contribution in [3.8, 4) is 28.5 Å². The molecule has 196 valence electrons. The number of nitrogens with zero attached hydrogens (tertiary/aromatic N) is 3. The van der Waals surface area contributed by atoms with Gasteiger partial charge in [-0.25, -0.2) is 0 Å². The number of aryl methyl sites for hydroxylation is 1. The van der Waals surface area contributed by atoms with Gasteiger partial charge in [0.05, 0.1) is 12.3 Å². The van der Waals surface area contributed by atoms with E-state index in [1.165, 1.54) is 0 Å². The average molecular weight is 530 g/mol. The molecule has 38 heavy (non-hydrogen) atoms. The summed E-state index contributed by atoms with van der Waals surface area (Å²) in [5.74, 6) is 2.44. The van der Waals surface area contributed by atoms with Gasteiger partial charge in [0.15, 0.2) is 16.7 Å². The molecule has 1 aromatic heterocycles. The van der Waals surface area contributed by atoms with E-state index in [4.69, 9.17) is 25.8 Å². The van der Waals surface area contributed by atoms with Gasteiger partial charge in [-0.3, -0.25) is 4.90 Å². The molecule has 0 unspecified atom stereocenters. The summed E-state index contributed by atoms with van der Waals surface area (Å²) in [6.07, 6.45) is 0. The lowest BCUT2D eigenvalue weighted by molar-refractivity contribution is 0.171. The molecule has 6 nitrogen and oxygen atoms in total. The highest BCUT2D eigenvalue weighted by atomic mass is 35.5. The summed E-state index contributed by atoms with van der Waals surface area (Å²) in [4.78, 5) is 2.36. The number of aromatic nitrogens is 2. The van der Waals surface area contributed by atoms with Gasteiger partial charge >= 0.3 is 0 Å². The van der Waals surface area contributed by atoms with Crippen molar-refractivity contribution in [3.63, 3.8) is 0 Å². The molecule has 0 saturated carbocycles. The van der Waals surface area contributed by atoms with Gasteiger partial charge in [-0.2, -0.15) is 0 Å². The van der Waals surface area contributed by atoms with Gasteiger partial charge in [-0.1, -0.05) is 54.1 Å². The summed E-state index contributed by atoms with van der Waals surface area (Å²) < 4.78 is 17.3. The maximum Gasteiger partial charge on any atom is 0.161 e. The summed E-state index contributed by atoms with van der Waals surface area (Å²) >= 11 is 6.68. The first-order valence-corrected chi connectivity index (χ1v) is 13.3. The molecule has 0 saturated heterocycles. The van der Waals surface area contributed by atoms with Crippen LogP contribution in [0.1, 0.15) is 34.7 Å². The summed E-state index contributed by atoms with van der Waals surface area (Å²) in [6.45, 7) is 9.92. The van der Waals surface area contributed by atoms with Crippen LogP contribution in [0.5, 0.6) is 17.2 Å². The van der Waals surface area contributed by atoms with Gasteiger partial charge in [0, 0.05) is 30.8 Å². The first kappa shape index (κ1) is 26.0. The van der Waals surface area contributed by atoms with Gasteiger partial charge < -0.3 is 14.2 Å². The van der Waals surface area contributed by atoms with Crippen molar-refractivity contribution >= 4 is 11.6 Å². The fraction of sp³-hybridized carbons (Fsp3) is 0.290. The van der Waals surface area contributed by atoms with E-state index < -0.39 is 0 Å². The molecule has 0 aliphatic carbocycles. The van der Waals surface area contributed by atoms with Crippen LogP contribution in [0, 0.1) is 13.8 Å². The second kappa shape index (κ2) is 11.8. The third kappa shape index (κ3) is 5.93. The van der Waals surface area contributed by atoms with E-state index in [9.17, 15) is 0 Å². The molecule has 1 aliphatic rings. The van der Waals surface area contributed by atoms with Crippen molar-refractivity contribution in [1.29, 1.82) is 0 Å². The molecule has 5 rings (SSSR count). The number of rotatable bonds is 9. The lowest BCUT2D eigenvalue weighted by Crippen LogP contribution is -2.24. The SMILES string of the molecule is CCOc1cccc(CN(Cc2ccc3c(c2)OCCO3)Cc2c(Cl)nnc(-c3ccccc3C)c2C)c1. The van der Waals surface area contributed by atoms with Crippen molar-refractivity contribution in [3.05, 3.63) is 99.7 Å². The van der Waals surface area contributed by atoms with Crippen LogP contribution in [0.3, 0.4) is 0 Å². The van der Waals surface area contributed by atoms with Crippen molar-refractivity contribution in [2.45, 2.75) is 40.4 Å². The van der Waals surface area contributed by atoms with E-state index in [2.05, 4.69) is 65.3 Å². The van der Waals surface area contributed by atoms with Gasteiger partial charge in [0.2, 0.25) is 0 Å². The van der Waals surface area contributed by atoms with Crippen LogP contribution in [0.15, 0.2) is 66.7 Å². The quantitative estimate of drug-likeness (QED) is 0.238. The molecule has 2 heterocycles. The Bertz CT molecular complexity index is 1430. The first-order chi connectivity index (χ1) is 18.5. The van der Waals surface area contributed by atoms with Gasteiger partial charge in [0.25, 0.3) is 0 Å². The number of fused-ring (bicyclic) bond motifs is 1. The van der Waals surface area contributed by atoms with Crippen LogP contribution in [-0.2, 0) is 19.6 Å². The van der Waals surface area contributed by atoms with Crippen molar-refractivity contribution in [2.24, 2.45) is 0 Å². The predicted molar refractivity (Wildman–Crippen MR) is 150 cm³/mol. The fourth-order valence-electron chi connectivity index (χ4n) is 4.80. The highest BCUT2D eigenvalue weighted by molar-refractivity contribution is 6.30. The summed E-state index contributed by atoms with van der Waals surface area (Å²) in [6, 6.07) is 22.6. The molecule has 0 atom stereocenters. The molecule has 1 aliphatic heterocycles. The predicted octanol–water partition coefficient (Wildman–Crippen LogP) is 6.79. The third-order valence-electron chi connectivity index (χ3n) is 6.70. The Morgan fingerprint density at radius 3 is 2.39 bits per heavy atom. The topological polar surface area (TPSA) is 56.7 Å². The van der Waals surface area contributed by atoms with Crippen LogP contribution >= 0.6 is 11.6 Å². The van der Waals surface area contributed by atoms with E-state index >= 15 is 0 Å². The van der Waals surface area contributed by atoms with E-state index in [1.54, 1.807) is 0 Å². The largest absolute Gasteiger partial charge is 0.494 e. The lowest BCUT2D eigenvalue weighted by atomic mass is 9.99. The smallest absolute Gasteiger partial charge is 0.161 e. The zero-order valence-electron chi connectivity index (χ0n) is 22.0. The Morgan fingerprint density at radius 1 is 0.842 bits per heavy atom. The molecule has 4 aromatic rings. The van der Waals surface area contributed by atoms with E-state index in [0.29, 0.717) is 44.6 Å². The monoisotopic (exact) mass is 529 g/mol. The molecule has 0 amide bonds.